The van der Waals surface area contributed by atoms with E-state index in [0.29, 0.717) is 5.69 Å². The van der Waals surface area contributed by atoms with Crippen molar-refractivity contribution in [2.24, 2.45) is 0 Å². The second kappa shape index (κ2) is 7.94. The van der Waals surface area contributed by atoms with Gasteiger partial charge in [-0.15, -0.1) is 0 Å². The van der Waals surface area contributed by atoms with Gasteiger partial charge >= 0.3 is 5.97 Å². The van der Waals surface area contributed by atoms with Crippen LogP contribution in [0.5, 0.6) is 0 Å². The number of benzene rings is 1. The van der Waals surface area contributed by atoms with Crippen LogP contribution in [0.15, 0.2) is 36.5 Å². The number of carboxylic acids is 1. The van der Waals surface area contributed by atoms with E-state index in [1.54, 1.807) is 0 Å². The van der Waals surface area contributed by atoms with Crippen LogP contribution in [0.4, 0.5) is 5.69 Å². The first kappa shape index (κ1) is 17.2. The molecule has 1 fully saturated rings. The smallest absolute Gasteiger partial charge is 0.325 e. The fraction of sp³-hybridized carbons (Fsp3) is 0.389. The van der Waals surface area contributed by atoms with Crippen molar-refractivity contribution < 1.29 is 14.7 Å². The number of rotatable bonds is 6. The minimum Gasteiger partial charge on any atom is -0.480 e. The first-order chi connectivity index (χ1) is 12.1. The van der Waals surface area contributed by atoms with Gasteiger partial charge in [-0.05, 0) is 49.7 Å². The Kier molecular flexibility index (Phi) is 5.45. The molecule has 0 aliphatic carbocycles. The zero-order valence-corrected chi connectivity index (χ0v) is 14.0. The number of hydrogen-bond acceptors (Lipinski definition) is 4. The Labute approximate surface area is 146 Å². The zero-order valence-electron chi connectivity index (χ0n) is 14.0. The van der Waals surface area contributed by atoms with E-state index in [1.807, 2.05) is 24.3 Å². The molecule has 1 aliphatic heterocycles. The lowest BCUT2D eigenvalue weighted by Gasteiger charge is -2.26. The number of carbonyl (C=O) groups excluding carboxylic acids is 1. The summed E-state index contributed by atoms with van der Waals surface area (Å²) in [4.78, 5) is 25.6. The summed E-state index contributed by atoms with van der Waals surface area (Å²) in [6, 6.07) is 9.27. The molecule has 0 radical (unpaired) electrons. The maximum atomic E-state index is 12.3. The molecule has 0 bridgehead atoms. The summed E-state index contributed by atoms with van der Waals surface area (Å²) in [6.07, 6.45) is 5.26. The maximum Gasteiger partial charge on any atom is 0.325 e. The van der Waals surface area contributed by atoms with E-state index >= 15 is 0 Å². The molecular weight excluding hydrogens is 320 g/mol. The van der Waals surface area contributed by atoms with E-state index in [0.717, 1.165) is 19.6 Å². The van der Waals surface area contributed by atoms with Crippen molar-refractivity contribution in [3.05, 3.63) is 47.8 Å². The van der Waals surface area contributed by atoms with Gasteiger partial charge in [-0.1, -0.05) is 18.6 Å². The average molecular weight is 342 g/mol. The number of anilines is 1. The minimum absolute atomic E-state index is 0.222. The van der Waals surface area contributed by atoms with Gasteiger partial charge < -0.3 is 10.4 Å². The zero-order chi connectivity index (χ0) is 17.6. The Balaban J connectivity index is 1.60. The van der Waals surface area contributed by atoms with Crippen molar-refractivity contribution >= 4 is 17.6 Å². The lowest BCUT2D eigenvalue weighted by Crippen LogP contribution is -2.29. The van der Waals surface area contributed by atoms with Crippen LogP contribution in [0, 0.1) is 0 Å². The van der Waals surface area contributed by atoms with E-state index in [2.05, 4.69) is 15.3 Å². The van der Waals surface area contributed by atoms with Gasteiger partial charge in [0, 0.05) is 18.4 Å². The Hall–Kier alpha value is -2.67. The maximum absolute atomic E-state index is 12.3. The van der Waals surface area contributed by atoms with Gasteiger partial charge in [-0.25, -0.2) is 4.68 Å². The van der Waals surface area contributed by atoms with Crippen LogP contribution >= 0.6 is 0 Å². The molecule has 2 heterocycles. The Bertz CT molecular complexity index is 733. The SMILES string of the molecule is O=C(O)Cn1nccc1C(=O)Nc1ccc(CN2CCCCC2)cc1. The second-order valence-corrected chi connectivity index (χ2v) is 6.26. The third-order valence-corrected chi connectivity index (χ3v) is 4.30. The van der Waals surface area contributed by atoms with Crippen molar-refractivity contribution in [1.29, 1.82) is 0 Å². The number of carbonyl (C=O) groups is 2. The van der Waals surface area contributed by atoms with Crippen LogP contribution < -0.4 is 5.32 Å². The van der Waals surface area contributed by atoms with Crippen molar-refractivity contribution in [3.63, 3.8) is 0 Å². The summed E-state index contributed by atoms with van der Waals surface area (Å²) in [7, 11) is 0. The number of hydrogen-bond donors (Lipinski definition) is 2. The first-order valence-electron chi connectivity index (χ1n) is 8.48. The molecule has 132 valence electrons. The van der Waals surface area contributed by atoms with Crippen LogP contribution in [0.25, 0.3) is 0 Å². The molecule has 0 atom stereocenters. The van der Waals surface area contributed by atoms with Crippen LogP contribution in [0.2, 0.25) is 0 Å². The summed E-state index contributed by atoms with van der Waals surface area (Å²) in [5.74, 6) is -1.41. The topological polar surface area (TPSA) is 87.5 Å². The minimum atomic E-state index is -1.04. The predicted octanol–water partition coefficient (Wildman–Crippen LogP) is 2.21. The molecule has 1 aromatic heterocycles. The Morgan fingerprint density at radius 2 is 1.80 bits per heavy atom. The molecule has 0 spiro atoms. The Morgan fingerprint density at radius 3 is 2.48 bits per heavy atom. The van der Waals surface area contributed by atoms with E-state index in [1.165, 1.54) is 41.8 Å². The van der Waals surface area contributed by atoms with Gasteiger partial charge in [-0.2, -0.15) is 5.10 Å². The molecule has 0 saturated carbocycles. The number of carboxylic acid groups (broad SMARTS) is 1. The lowest BCUT2D eigenvalue weighted by atomic mass is 10.1. The quantitative estimate of drug-likeness (QED) is 0.840. The largest absolute Gasteiger partial charge is 0.480 e. The predicted molar refractivity (Wildman–Crippen MR) is 93.4 cm³/mol. The molecule has 2 N–H and O–H groups in total. The molecule has 1 amide bonds. The number of likely N-dealkylation sites (tertiary alicyclic amines) is 1. The first-order valence-corrected chi connectivity index (χ1v) is 8.48. The van der Waals surface area contributed by atoms with Crippen LogP contribution in [0.3, 0.4) is 0 Å². The summed E-state index contributed by atoms with van der Waals surface area (Å²) >= 11 is 0. The van der Waals surface area contributed by atoms with Crippen LogP contribution in [0.1, 0.15) is 35.3 Å². The molecule has 25 heavy (non-hydrogen) atoms. The number of nitrogens with one attached hydrogen (secondary N) is 1. The molecule has 2 aromatic rings. The molecule has 1 aliphatic rings. The molecule has 1 aromatic carbocycles. The lowest BCUT2D eigenvalue weighted by molar-refractivity contribution is -0.137. The molecule has 1 saturated heterocycles. The summed E-state index contributed by atoms with van der Waals surface area (Å²) in [6.45, 7) is 2.88. The molecule has 3 rings (SSSR count). The van der Waals surface area contributed by atoms with Gasteiger partial charge in [0.15, 0.2) is 0 Å². The molecule has 0 unspecified atom stereocenters. The van der Waals surface area contributed by atoms with E-state index < -0.39 is 5.97 Å². The molecule has 7 nitrogen and oxygen atoms in total. The highest BCUT2D eigenvalue weighted by molar-refractivity contribution is 6.03. The van der Waals surface area contributed by atoms with Gasteiger partial charge in [-0.3, -0.25) is 14.5 Å². The number of nitrogens with zero attached hydrogens (tertiary/aromatic N) is 3. The molecule has 7 heteroatoms. The van der Waals surface area contributed by atoms with Crippen molar-refractivity contribution in [2.75, 3.05) is 18.4 Å². The van der Waals surface area contributed by atoms with E-state index in [-0.39, 0.29) is 18.1 Å². The van der Waals surface area contributed by atoms with Crippen LogP contribution in [-0.2, 0) is 17.9 Å². The highest BCUT2D eigenvalue weighted by Crippen LogP contribution is 2.16. The average Bonchev–Trinajstić information content (AvgIpc) is 3.05. The summed E-state index contributed by atoms with van der Waals surface area (Å²) in [5, 5.41) is 15.5. The van der Waals surface area contributed by atoms with Crippen molar-refractivity contribution in [2.45, 2.75) is 32.4 Å². The monoisotopic (exact) mass is 342 g/mol. The number of amides is 1. The van der Waals surface area contributed by atoms with E-state index in [9.17, 15) is 9.59 Å². The fourth-order valence-corrected chi connectivity index (χ4v) is 3.04. The standard InChI is InChI=1S/C18H22N4O3/c23-17(24)13-22-16(8-9-19-22)18(25)20-15-6-4-14(5-7-15)12-21-10-2-1-3-11-21/h4-9H,1-3,10-13H2,(H,20,25)(H,23,24). The van der Waals surface area contributed by atoms with Crippen LogP contribution in [-0.4, -0.2) is 44.8 Å². The summed E-state index contributed by atoms with van der Waals surface area (Å²) in [5.41, 5.74) is 2.12. The number of aromatic nitrogens is 2. The molecular formula is C18H22N4O3. The van der Waals surface area contributed by atoms with Gasteiger partial charge in [0.2, 0.25) is 0 Å². The third kappa shape index (κ3) is 4.67. The second-order valence-electron chi connectivity index (χ2n) is 6.26. The van der Waals surface area contributed by atoms with E-state index in [4.69, 9.17) is 5.11 Å². The normalized spacial score (nSPS) is 15.0. The van der Waals surface area contributed by atoms with Crippen molar-refractivity contribution in [1.82, 2.24) is 14.7 Å². The van der Waals surface area contributed by atoms with Gasteiger partial charge in [0.1, 0.15) is 12.2 Å². The Morgan fingerprint density at radius 1 is 1.08 bits per heavy atom. The highest BCUT2D eigenvalue weighted by Gasteiger charge is 2.14. The summed E-state index contributed by atoms with van der Waals surface area (Å²) < 4.78 is 1.17. The third-order valence-electron chi connectivity index (χ3n) is 4.30. The number of aliphatic carboxylic acids is 1. The number of piperidine rings is 1. The highest BCUT2D eigenvalue weighted by atomic mass is 16.4. The van der Waals surface area contributed by atoms with Gasteiger partial charge in [0.25, 0.3) is 5.91 Å². The van der Waals surface area contributed by atoms with Crippen molar-refractivity contribution in [3.8, 4) is 0 Å². The fourth-order valence-electron chi connectivity index (χ4n) is 3.04. The van der Waals surface area contributed by atoms with Gasteiger partial charge in [0.05, 0.1) is 0 Å².